The van der Waals surface area contributed by atoms with Crippen molar-refractivity contribution in [3.8, 4) is 0 Å². The molecule has 2 aromatic carbocycles. The molecule has 0 radical (unpaired) electrons. The van der Waals surface area contributed by atoms with Crippen LogP contribution in [0.4, 0.5) is 4.39 Å². The van der Waals surface area contributed by atoms with Crippen LogP contribution in [0.5, 0.6) is 0 Å². The standard InChI is InChI=1S/C23H23FN4O2/c1-3-15(2)26-21(29)14-28-23(30)22-19(12-25-28)18-6-4-5-7-20(18)27(22)13-16-8-10-17(24)11-9-16/h4-12,15H,3,13-14H2,1-2H3,(H,26,29). The van der Waals surface area contributed by atoms with Gasteiger partial charge in [-0.3, -0.25) is 9.59 Å². The fourth-order valence-electron chi connectivity index (χ4n) is 3.60. The fourth-order valence-corrected chi connectivity index (χ4v) is 3.60. The van der Waals surface area contributed by atoms with Crippen LogP contribution in [0.25, 0.3) is 21.8 Å². The van der Waals surface area contributed by atoms with Crippen LogP contribution >= 0.6 is 0 Å². The van der Waals surface area contributed by atoms with Gasteiger partial charge < -0.3 is 9.88 Å². The molecule has 0 aliphatic rings. The van der Waals surface area contributed by atoms with Crippen LogP contribution in [0.2, 0.25) is 0 Å². The zero-order chi connectivity index (χ0) is 21.3. The third kappa shape index (κ3) is 3.70. The first-order valence-electron chi connectivity index (χ1n) is 9.98. The second-order valence-electron chi connectivity index (χ2n) is 7.48. The number of nitrogens with one attached hydrogen (secondary N) is 1. The number of rotatable bonds is 6. The molecule has 6 nitrogen and oxygen atoms in total. The van der Waals surface area contributed by atoms with E-state index in [2.05, 4.69) is 10.4 Å². The van der Waals surface area contributed by atoms with Gasteiger partial charge in [-0.2, -0.15) is 5.10 Å². The molecule has 30 heavy (non-hydrogen) atoms. The molecule has 2 heterocycles. The summed E-state index contributed by atoms with van der Waals surface area (Å²) >= 11 is 0. The number of benzene rings is 2. The van der Waals surface area contributed by atoms with Gasteiger partial charge >= 0.3 is 0 Å². The summed E-state index contributed by atoms with van der Waals surface area (Å²) in [5, 5.41) is 8.75. The third-order valence-corrected chi connectivity index (χ3v) is 5.34. The quantitative estimate of drug-likeness (QED) is 0.533. The number of carbonyl (C=O) groups is 1. The zero-order valence-corrected chi connectivity index (χ0v) is 16.9. The summed E-state index contributed by atoms with van der Waals surface area (Å²) in [6.45, 7) is 4.16. The molecule has 1 unspecified atom stereocenters. The van der Waals surface area contributed by atoms with E-state index in [0.29, 0.717) is 12.1 Å². The van der Waals surface area contributed by atoms with Crippen molar-refractivity contribution in [1.82, 2.24) is 19.7 Å². The minimum absolute atomic E-state index is 0.0295. The first kappa shape index (κ1) is 19.8. The average molecular weight is 406 g/mol. The first-order valence-corrected chi connectivity index (χ1v) is 9.98. The Morgan fingerprint density at radius 2 is 1.87 bits per heavy atom. The topological polar surface area (TPSA) is 68.9 Å². The molecule has 0 aliphatic heterocycles. The maximum atomic E-state index is 13.3. The van der Waals surface area contributed by atoms with Gasteiger partial charge in [-0.05, 0) is 37.1 Å². The Hall–Kier alpha value is -3.48. The number of hydrogen-bond acceptors (Lipinski definition) is 3. The Morgan fingerprint density at radius 3 is 2.60 bits per heavy atom. The summed E-state index contributed by atoms with van der Waals surface area (Å²) in [5.74, 6) is -0.556. The third-order valence-electron chi connectivity index (χ3n) is 5.34. The predicted octanol–water partition coefficient (Wildman–Crippen LogP) is 3.45. The Balaban J connectivity index is 1.82. The number of aromatic nitrogens is 3. The van der Waals surface area contributed by atoms with Gasteiger partial charge in [0, 0.05) is 28.9 Å². The van der Waals surface area contributed by atoms with Gasteiger partial charge in [-0.1, -0.05) is 37.3 Å². The molecule has 2 aromatic heterocycles. The van der Waals surface area contributed by atoms with Crippen LogP contribution in [0, 0.1) is 5.82 Å². The van der Waals surface area contributed by atoms with Gasteiger partial charge in [0.05, 0.1) is 6.20 Å². The van der Waals surface area contributed by atoms with Crippen molar-refractivity contribution in [2.75, 3.05) is 0 Å². The van der Waals surface area contributed by atoms with Crippen molar-refractivity contribution >= 4 is 27.7 Å². The molecular formula is C23H23FN4O2. The largest absolute Gasteiger partial charge is 0.352 e. The molecule has 0 spiro atoms. The Morgan fingerprint density at radius 1 is 1.13 bits per heavy atom. The highest BCUT2D eigenvalue weighted by Gasteiger charge is 2.17. The number of carbonyl (C=O) groups excluding carboxylic acids is 1. The SMILES string of the molecule is CCC(C)NC(=O)Cn1ncc2c3ccccc3n(Cc3ccc(F)cc3)c2c1=O. The van der Waals surface area contributed by atoms with Gasteiger partial charge in [-0.15, -0.1) is 0 Å². The Kier molecular flexibility index (Phi) is 5.35. The number of halogens is 1. The van der Waals surface area contributed by atoms with E-state index in [1.54, 1.807) is 18.3 Å². The number of nitrogens with zero attached hydrogens (tertiary/aromatic N) is 3. The van der Waals surface area contributed by atoms with Crippen LogP contribution in [0.1, 0.15) is 25.8 Å². The van der Waals surface area contributed by atoms with Crippen LogP contribution in [-0.2, 0) is 17.9 Å². The maximum absolute atomic E-state index is 13.3. The van der Waals surface area contributed by atoms with Gasteiger partial charge in [0.25, 0.3) is 5.56 Å². The van der Waals surface area contributed by atoms with Crippen LogP contribution in [-0.4, -0.2) is 26.3 Å². The van der Waals surface area contributed by atoms with Gasteiger partial charge in [0.15, 0.2) is 0 Å². The second-order valence-corrected chi connectivity index (χ2v) is 7.48. The Bertz CT molecular complexity index is 1270. The van der Waals surface area contributed by atoms with Crippen molar-refractivity contribution in [2.45, 2.75) is 39.4 Å². The number of hydrogen-bond donors (Lipinski definition) is 1. The van der Waals surface area contributed by atoms with Gasteiger partial charge in [0.1, 0.15) is 17.9 Å². The fraction of sp³-hybridized carbons (Fsp3) is 0.261. The number of amides is 1. The van der Waals surface area contributed by atoms with Crippen molar-refractivity contribution < 1.29 is 9.18 Å². The van der Waals surface area contributed by atoms with Crippen LogP contribution < -0.4 is 10.9 Å². The van der Waals surface area contributed by atoms with Crippen LogP contribution in [0.15, 0.2) is 59.5 Å². The first-order chi connectivity index (χ1) is 14.5. The van der Waals surface area contributed by atoms with Crippen molar-refractivity contribution in [3.63, 3.8) is 0 Å². The Labute approximate surface area is 172 Å². The lowest BCUT2D eigenvalue weighted by molar-refractivity contribution is -0.122. The average Bonchev–Trinajstić information content (AvgIpc) is 3.06. The van der Waals surface area contributed by atoms with E-state index in [1.165, 1.54) is 16.8 Å². The van der Waals surface area contributed by atoms with E-state index in [4.69, 9.17) is 0 Å². The normalized spacial score (nSPS) is 12.4. The van der Waals surface area contributed by atoms with E-state index in [-0.39, 0.29) is 29.9 Å². The number of para-hydroxylation sites is 1. The molecule has 0 saturated carbocycles. The van der Waals surface area contributed by atoms with Gasteiger partial charge in [-0.25, -0.2) is 9.07 Å². The highest BCUT2D eigenvalue weighted by atomic mass is 19.1. The van der Waals surface area contributed by atoms with Crippen LogP contribution in [0.3, 0.4) is 0 Å². The molecule has 1 atom stereocenters. The zero-order valence-electron chi connectivity index (χ0n) is 16.9. The molecule has 0 aliphatic carbocycles. The highest BCUT2D eigenvalue weighted by molar-refractivity contribution is 6.07. The summed E-state index contributed by atoms with van der Waals surface area (Å²) in [6.07, 6.45) is 2.44. The molecule has 1 amide bonds. The van der Waals surface area contributed by atoms with Crippen molar-refractivity contribution in [2.24, 2.45) is 0 Å². The summed E-state index contributed by atoms with van der Waals surface area (Å²) in [6, 6.07) is 14.0. The summed E-state index contributed by atoms with van der Waals surface area (Å²) in [5.41, 5.74) is 1.91. The lowest BCUT2D eigenvalue weighted by Gasteiger charge is -2.12. The smallest absolute Gasteiger partial charge is 0.291 e. The minimum atomic E-state index is -0.329. The van der Waals surface area contributed by atoms with E-state index >= 15 is 0 Å². The lowest BCUT2D eigenvalue weighted by atomic mass is 10.2. The molecule has 154 valence electrons. The summed E-state index contributed by atoms with van der Waals surface area (Å²) < 4.78 is 16.4. The molecule has 1 N–H and O–H groups in total. The molecule has 4 rings (SSSR count). The van der Waals surface area contributed by atoms with E-state index in [1.807, 2.05) is 42.7 Å². The van der Waals surface area contributed by atoms with Crippen molar-refractivity contribution in [3.05, 3.63) is 76.5 Å². The molecule has 0 saturated heterocycles. The predicted molar refractivity (Wildman–Crippen MR) is 115 cm³/mol. The number of fused-ring (bicyclic) bond motifs is 3. The summed E-state index contributed by atoms with van der Waals surface area (Å²) in [4.78, 5) is 25.6. The molecule has 0 bridgehead atoms. The lowest BCUT2D eigenvalue weighted by Crippen LogP contribution is -2.38. The summed E-state index contributed by atoms with van der Waals surface area (Å²) in [7, 11) is 0. The monoisotopic (exact) mass is 406 g/mol. The van der Waals surface area contributed by atoms with Gasteiger partial charge in [0.2, 0.25) is 5.91 Å². The molecule has 7 heteroatoms. The molecule has 4 aromatic rings. The molecular weight excluding hydrogens is 383 g/mol. The maximum Gasteiger partial charge on any atom is 0.291 e. The van der Waals surface area contributed by atoms with E-state index in [0.717, 1.165) is 28.3 Å². The van der Waals surface area contributed by atoms with Crippen molar-refractivity contribution in [1.29, 1.82) is 0 Å². The highest BCUT2D eigenvalue weighted by Crippen LogP contribution is 2.27. The van der Waals surface area contributed by atoms with E-state index in [9.17, 15) is 14.0 Å². The van der Waals surface area contributed by atoms with E-state index < -0.39 is 0 Å². The minimum Gasteiger partial charge on any atom is -0.352 e. The molecule has 0 fully saturated rings. The second kappa shape index (κ2) is 8.10.